The molecule has 1 fully saturated rings. The van der Waals surface area contributed by atoms with Crippen molar-refractivity contribution in [2.45, 2.75) is 32.6 Å². The molecule has 1 N–H and O–H groups in total. The number of dihydropyridines is 1. The maximum Gasteiger partial charge on any atom is 0.309 e. The third kappa shape index (κ3) is 3.30. The SMILES string of the molecule is CCOC(=O)C1CC1(C)c1ccc(C2=C(C)NC(=C=O)C(C#N)=C2)cc1Cl. The first-order valence-electron chi connectivity index (χ1n) is 8.68. The molecule has 0 radical (unpaired) electrons. The summed E-state index contributed by atoms with van der Waals surface area (Å²) in [4.78, 5) is 23.0. The maximum atomic E-state index is 12.0. The first-order valence-corrected chi connectivity index (χ1v) is 9.05. The van der Waals surface area contributed by atoms with Crippen molar-refractivity contribution in [1.29, 1.82) is 5.26 Å². The molecule has 1 heterocycles. The summed E-state index contributed by atoms with van der Waals surface area (Å²) in [6, 6.07) is 7.65. The van der Waals surface area contributed by atoms with Crippen molar-refractivity contribution in [2.75, 3.05) is 6.61 Å². The third-order valence-corrected chi connectivity index (χ3v) is 5.51. The molecule has 3 rings (SSSR count). The number of nitriles is 1. The van der Waals surface area contributed by atoms with E-state index in [2.05, 4.69) is 5.32 Å². The average molecular weight is 383 g/mol. The topological polar surface area (TPSA) is 79.2 Å². The zero-order valence-electron chi connectivity index (χ0n) is 15.4. The van der Waals surface area contributed by atoms with Gasteiger partial charge in [-0.3, -0.25) is 4.79 Å². The smallest absolute Gasteiger partial charge is 0.309 e. The number of halogens is 1. The second kappa shape index (κ2) is 7.08. The number of benzene rings is 1. The molecule has 0 spiro atoms. The fourth-order valence-electron chi connectivity index (χ4n) is 3.51. The van der Waals surface area contributed by atoms with Crippen molar-refractivity contribution in [1.82, 2.24) is 5.32 Å². The molecular weight excluding hydrogens is 364 g/mol. The fourth-order valence-corrected chi connectivity index (χ4v) is 3.91. The Kier molecular flexibility index (Phi) is 4.97. The highest BCUT2D eigenvalue weighted by molar-refractivity contribution is 6.31. The van der Waals surface area contributed by atoms with Gasteiger partial charge in [0, 0.05) is 21.7 Å². The molecule has 27 heavy (non-hydrogen) atoms. The Labute approximate surface area is 163 Å². The Morgan fingerprint density at radius 3 is 2.81 bits per heavy atom. The van der Waals surface area contributed by atoms with Crippen LogP contribution in [0, 0.1) is 17.2 Å². The molecule has 1 aliphatic carbocycles. The number of carbonyl (C=O) groups is 1. The van der Waals surface area contributed by atoms with Gasteiger partial charge in [0.1, 0.15) is 11.8 Å². The van der Waals surface area contributed by atoms with E-state index in [1.807, 2.05) is 38.1 Å². The van der Waals surface area contributed by atoms with Crippen LogP contribution in [0.5, 0.6) is 0 Å². The number of rotatable bonds is 4. The normalized spacial score (nSPS) is 23.7. The van der Waals surface area contributed by atoms with Crippen LogP contribution in [0.3, 0.4) is 0 Å². The maximum absolute atomic E-state index is 12.0. The summed E-state index contributed by atoms with van der Waals surface area (Å²) in [6.07, 6.45) is 2.36. The third-order valence-electron chi connectivity index (χ3n) is 5.20. The molecule has 1 aromatic carbocycles. The number of carbonyl (C=O) groups excluding carboxylic acids is 2. The van der Waals surface area contributed by atoms with Crippen molar-refractivity contribution in [3.8, 4) is 6.07 Å². The predicted molar refractivity (Wildman–Crippen MR) is 102 cm³/mol. The molecule has 2 unspecified atom stereocenters. The van der Waals surface area contributed by atoms with Crippen molar-refractivity contribution in [3.05, 3.63) is 57.4 Å². The Morgan fingerprint density at radius 1 is 1.48 bits per heavy atom. The molecule has 1 aliphatic heterocycles. The first kappa shape index (κ1) is 19.0. The molecule has 0 amide bonds. The van der Waals surface area contributed by atoms with E-state index in [1.165, 1.54) is 0 Å². The van der Waals surface area contributed by atoms with E-state index in [0.717, 1.165) is 22.4 Å². The van der Waals surface area contributed by atoms with Crippen molar-refractivity contribution < 1.29 is 14.3 Å². The average Bonchev–Trinajstić information content (AvgIpc) is 3.34. The van der Waals surface area contributed by atoms with Crippen LogP contribution >= 0.6 is 11.6 Å². The van der Waals surface area contributed by atoms with Crippen LogP contribution in [-0.2, 0) is 19.7 Å². The summed E-state index contributed by atoms with van der Waals surface area (Å²) < 4.78 is 5.13. The Balaban J connectivity index is 1.93. The molecule has 6 heteroatoms. The lowest BCUT2D eigenvalue weighted by molar-refractivity contribution is -0.145. The summed E-state index contributed by atoms with van der Waals surface area (Å²) in [5, 5.41) is 12.7. The van der Waals surface area contributed by atoms with Crippen LogP contribution in [0.15, 0.2) is 41.2 Å². The van der Waals surface area contributed by atoms with Crippen LogP contribution in [0.4, 0.5) is 0 Å². The van der Waals surface area contributed by atoms with Gasteiger partial charge in [0.2, 0.25) is 0 Å². The number of hydrogen-bond donors (Lipinski definition) is 1. The summed E-state index contributed by atoms with van der Waals surface area (Å²) in [6.45, 7) is 5.99. The second-order valence-electron chi connectivity index (χ2n) is 6.93. The summed E-state index contributed by atoms with van der Waals surface area (Å²) >= 11 is 6.55. The quantitative estimate of drug-likeness (QED) is 0.634. The monoisotopic (exact) mass is 382 g/mol. The molecular formula is C21H19ClN2O3. The second-order valence-corrected chi connectivity index (χ2v) is 7.34. The number of nitrogens with zero attached hydrogens (tertiary/aromatic N) is 1. The van der Waals surface area contributed by atoms with Gasteiger partial charge in [-0.2, -0.15) is 5.26 Å². The van der Waals surface area contributed by atoms with E-state index in [0.29, 0.717) is 18.1 Å². The summed E-state index contributed by atoms with van der Waals surface area (Å²) in [5.41, 5.74) is 3.28. The number of allylic oxidation sites excluding steroid dienone is 4. The van der Waals surface area contributed by atoms with E-state index >= 15 is 0 Å². The Bertz CT molecular complexity index is 980. The van der Waals surface area contributed by atoms with Crippen LogP contribution < -0.4 is 5.32 Å². The van der Waals surface area contributed by atoms with E-state index in [4.69, 9.17) is 16.3 Å². The summed E-state index contributed by atoms with van der Waals surface area (Å²) in [7, 11) is 0. The highest BCUT2D eigenvalue weighted by Gasteiger charge is 2.57. The molecule has 0 aromatic heterocycles. The molecule has 138 valence electrons. The Morgan fingerprint density at radius 2 is 2.22 bits per heavy atom. The highest BCUT2D eigenvalue weighted by Crippen LogP contribution is 2.56. The van der Waals surface area contributed by atoms with Gasteiger partial charge in [-0.1, -0.05) is 30.7 Å². The molecule has 1 aromatic rings. The fraction of sp³-hybridized carbons (Fsp3) is 0.333. The van der Waals surface area contributed by atoms with Crippen LogP contribution in [0.2, 0.25) is 5.02 Å². The number of nitrogens with one attached hydrogen (secondary N) is 1. The standard InChI is InChI=1S/C21H19ClN2O3/c1-4-27-20(26)17-9-21(17,3)16-6-5-13(8-18(16)22)15-7-14(10-23)19(11-25)24-12(15)2/h5-8,17,24H,4,9H2,1-3H3. The Hall–Kier alpha value is -2.80. The van der Waals surface area contributed by atoms with Crippen molar-refractivity contribution in [3.63, 3.8) is 0 Å². The summed E-state index contributed by atoms with van der Waals surface area (Å²) in [5.74, 6) is 1.38. The molecule has 5 nitrogen and oxygen atoms in total. The minimum absolute atomic E-state index is 0.129. The predicted octanol–water partition coefficient (Wildman–Crippen LogP) is 3.68. The zero-order chi connectivity index (χ0) is 19.8. The van der Waals surface area contributed by atoms with E-state index in [1.54, 1.807) is 18.9 Å². The number of hydrogen-bond acceptors (Lipinski definition) is 5. The molecule has 0 bridgehead atoms. The lowest BCUT2D eigenvalue weighted by Crippen LogP contribution is -2.18. The number of ether oxygens (including phenoxy) is 1. The van der Waals surface area contributed by atoms with Crippen LogP contribution in [-0.4, -0.2) is 18.5 Å². The van der Waals surface area contributed by atoms with Gasteiger partial charge in [-0.25, -0.2) is 4.79 Å². The van der Waals surface area contributed by atoms with E-state index in [-0.39, 0.29) is 28.6 Å². The lowest BCUT2D eigenvalue weighted by atomic mass is 9.91. The van der Waals surface area contributed by atoms with Gasteiger partial charge >= 0.3 is 5.97 Å². The van der Waals surface area contributed by atoms with Gasteiger partial charge in [0.25, 0.3) is 0 Å². The van der Waals surface area contributed by atoms with Crippen molar-refractivity contribution in [2.24, 2.45) is 5.92 Å². The molecule has 0 saturated heterocycles. The highest BCUT2D eigenvalue weighted by atomic mass is 35.5. The first-order chi connectivity index (χ1) is 12.8. The van der Waals surface area contributed by atoms with Gasteiger partial charge in [-0.05, 0) is 43.5 Å². The van der Waals surface area contributed by atoms with Crippen molar-refractivity contribution >= 4 is 29.1 Å². The van der Waals surface area contributed by atoms with Gasteiger partial charge < -0.3 is 10.1 Å². The van der Waals surface area contributed by atoms with Gasteiger partial charge in [-0.15, -0.1) is 0 Å². The number of esters is 1. The lowest BCUT2D eigenvalue weighted by Gasteiger charge is -2.19. The zero-order valence-corrected chi connectivity index (χ0v) is 16.1. The molecule has 2 aliphatic rings. The van der Waals surface area contributed by atoms with Gasteiger partial charge in [0.15, 0.2) is 5.94 Å². The minimum Gasteiger partial charge on any atom is -0.466 e. The van der Waals surface area contributed by atoms with E-state index in [9.17, 15) is 14.9 Å². The van der Waals surface area contributed by atoms with Gasteiger partial charge in [0.05, 0.1) is 18.1 Å². The van der Waals surface area contributed by atoms with E-state index < -0.39 is 0 Å². The van der Waals surface area contributed by atoms with Crippen LogP contribution in [0.25, 0.3) is 5.57 Å². The molecule has 2 atom stereocenters. The minimum atomic E-state index is -0.322. The largest absolute Gasteiger partial charge is 0.466 e. The van der Waals surface area contributed by atoms with Crippen LogP contribution in [0.1, 0.15) is 38.3 Å². The molecule has 1 saturated carbocycles.